The highest BCUT2D eigenvalue weighted by Gasteiger charge is 2.33. The molecule has 2 unspecified atom stereocenters. The van der Waals surface area contributed by atoms with E-state index in [1.165, 1.54) is 25.1 Å². The monoisotopic (exact) mass is 550 g/mol. The van der Waals surface area contributed by atoms with E-state index in [0.717, 1.165) is 18.2 Å². The molecule has 1 saturated carbocycles. The van der Waals surface area contributed by atoms with Crippen LogP contribution in [0.15, 0.2) is 36.4 Å². The van der Waals surface area contributed by atoms with Gasteiger partial charge in [-0.1, -0.05) is 24.3 Å². The molecule has 1 heterocycles. The van der Waals surface area contributed by atoms with Gasteiger partial charge in [0.15, 0.2) is 34.8 Å². The lowest BCUT2D eigenvalue weighted by atomic mass is 9.78. The molecule has 0 aromatic heterocycles. The topological polar surface area (TPSA) is 59.1 Å². The Morgan fingerprint density at radius 2 is 1.36 bits per heavy atom. The Balaban J connectivity index is 1.26. The molecule has 10 heteroatoms. The van der Waals surface area contributed by atoms with Crippen LogP contribution in [0.2, 0.25) is 0 Å². The number of esters is 1. The predicted octanol–water partition coefficient (Wildman–Crippen LogP) is 7.19. The quantitative estimate of drug-likeness (QED) is 0.153. The number of aliphatic hydroxyl groups is 1. The normalized spacial score (nSPS) is 21.5. The number of aliphatic hydroxyl groups excluding tert-OH is 1. The van der Waals surface area contributed by atoms with Crippen molar-refractivity contribution in [3.05, 3.63) is 88.0 Å². The second kappa shape index (κ2) is 10.7. The van der Waals surface area contributed by atoms with Gasteiger partial charge >= 0.3 is 5.97 Å². The number of halogens is 6. The second-order valence-corrected chi connectivity index (χ2v) is 9.91. The Morgan fingerprint density at radius 3 is 1.97 bits per heavy atom. The summed E-state index contributed by atoms with van der Waals surface area (Å²) in [7, 11) is 0. The van der Waals surface area contributed by atoms with Crippen LogP contribution in [-0.2, 0) is 9.53 Å². The lowest BCUT2D eigenvalue weighted by molar-refractivity contribution is -0.140. The molecule has 39 heavy (non-hydrogen) atoms. The Morgan fingerprint density at radius 1 is 0.795 bits per heavy atom. The summed E-state index contributed by atoms with van der Waals surface area (Å²) in [6.45, 7) is 1.57. The van der Waals surface area contributed by atoms with Crippen LogP contribution < -0.4 is 4.74 Å². The molecule has 0 radical (unpaired) electrons. The van der Waals surface area contributed by atoms with Gasteiger partial charge in [-0.25, -0.2) is 22.0 Å². The minimum absolute atomic E-state index is 0.0120. The standard InChI is InChI=1S/C29H24F6O4/c1-13(36)16-6-7-17(24(31)23(16)30)14-2-4-15(5-3-14)29(37)39-21-11-10-19(26(33)28(21)35)18-8-9-20(22-12-38-22)27(34)25(18)32/h6-11,13-15,22,36H,2-5,12H2,1H3. The van der Waals surface area contributed by atoms with E-state index in [-0.39, 0.29) is 42.1 Å². The van der Waals surface area contributed by atoms with Crippen LogP contribution in [0.25, 0.3) is 11.1 Å². The van der Waals surface area contributed by atoms with Crippen LogP contribution in [0.4, 0.5) is 26.3 Å². The number of carbonyl (C=O) groups excluding carboxylic acids is 1. The van der Waals surface area contributed by atoms with Gasteiger partial charge in [0.1, 0.15) is 6.10 Å². The lowest BCUT2D eigenvalue weighted by Gasteiger charge is -2.28. The number of benzene rings is 3. The van der Waals surface area contributed by atoms with Crippen molar-refractivity contribution in [1.82, 2.24) is 0 Å². The molecular weight excluding hydrogens is 526 g/mol. The SMILES string of the molecule is CC(O)c1ccc(C2CCC(C(=O)Oc3ccc(-c4ccc(C5CO5)c(F)c4F)c(F)c3F)CC2)c(F)c1F. The summed E-state index contributed by atoms with van der Waals surface area (Å²) in [6, 6.07) is 7.09. The van der Waals surface area contributed by atoms with E-state index in [1.54, 1.807) is 0 Å². The first-order valence-electron chi connectivity index (χ1n) is 12.5. The molecule has 2 fully saturated rings. The van der Waals surface area contributed by atoms with E-state index in [2.05, 4.69) is 0 Å². The Kier molecular flexibility index (Phi) is 7.43. The van der Waals surface area contributed by atoms with Crippen LogP contribution >= 0.6 is 0 Å². The van der Waals surface area contributed by atoms with Crippen molar-refractivity contribution in [1.29, 1.82) is 0 Å². The van der Waals surface area contributed by atoms with E-state index in [4.69, 9.17) is 9.47 Å². The Labute approximate surface area is 220 Å². The van der Waals surface area contributed by atoms with Gasteiger partial charge in [-0.15, -0.1) is 0 Å². The molecule has 1 aliphatic heterocycles. The first-order chi connectivity index (χ1) is 18.6. The predicted molar refractivity (Wildman–Crippen MR) is 128 cm³/mol. The van der Waals surface area contributed by atoms with Crippen molar-refractivity contribution in [3.8, 4) is 16.9 Å². The number of ether oxygens (including phenoxy) is 2. The van der Waals surface area contributed by atoms with Crippen LogP contribution in [-0.4, -0.2) is 17.7 Å². The zero-order valence-electron chi connectivity index (χ0n) is 20.7. The van der Waals surface area contributed by atoms with Crippen molar-refractivity contribution >= 4 is 5.97 Å². The molecule has 3 aromatic rings. The summed E-state index contributed by atoms with van der Waals surface area (Å²) >= 11 is 0. The summed E-state index contributed by atoms with van der Waals surface area (Å²) in [4.78, 5) is 12.7. The van der Waals surface area contributed by atoms with Gasteiger partial charge < -0.3 is 14.6 Å². The minimum Gasteiger partial charge on any atom is -0.423 e. The number of hydrogen-bond donors (Lipinski definition) is 1. The third-order valence-corrected chi connectivity index (χ3v) is 7.43. The molecule has 1 N–H and O–H groups in total. The average Bonchev–Trinajstić information content (AvgIpc) is 3.76. The number of epoxide rings is 1. The first kappa shape index (κ1) is 27.2. The largest absolute Gasteiger partial charge is 0.423 e. The van der Waals surface area contributed by atoms with Gasteiger partial charge in [0, 0.05) is 22.3 Å². The fraction of sp³-hybridized carbons (Fsp3) is 0.345. The van der Waals surface area contributed by atoms with Crippen LogP contribution in [0, 0.1) is 40.8 Å². The second-order valence-electron chi connectivity index (χ2n) is 9.91. The van der Waals surface area contributed by atoms with Crippen molar-refractivity contribution in [3.63, 3.8) is 0 Å². The van der Waals surface area contributed by atoms with E-state index in [9.17, 15) is 36.2 Å². The third kappa shape index (κ3) is 5.15. The highest BCUT2D eigenvalue weighted by molar-refractivity contribution is 5.76. The summed E-state index contributed by atoms with van der Waals surface area (Å²) in [5, 5.41) is 9.57. The van der Waals surface area contributed by atoms with Gasteiger partial charge in [0.25, 0.3) is 0 Å². The molecule has 3 aromatic carbocycles. The smallest absolute Gasteiger partial charge is 0.314 e. The van der Waals surface area contributed by atoms with Gasteiger partial charge in [-0.3, -0.25) is 4.79 Å². The molecule has 1 aliphatic carbocycles. The van der Waals surface area contributed by atoms with Crippen molar-refractivity contribution < 1.29 is 45.7 Å². The zero-order valence-corrected chi connectivity index (χ0v) is 20.7. The highest BCUT2D eigenvalue weighted by Crippen LogP contribution is 2.40. The maximum absolute atomic E-state index is 14.8. The van der Waals surface area contributed by atoms with Crippen LogP contribution in [0.3, 0.4) is 0 Å². The fourth-order valence-corrected chi connectivity index (χ4v) is 5.12. The van der Waals surface area contributed by atoms with Gasteiger partial charge in [0.05, 0.1) is 18.6 Å². The molecule has 4 nitrogen and oxygen atoms in total. The first-order valence-corrected chi connectivity index (χ1v) is 12.5. The lowest BCUT2D eigenvalue weighted by Crippen LogP contribution is -2.26. The fourth-order valence-electron chi connectivity index (χ4n) is 5.12. The summed E-state index contributed by atoms with van der Waals surface area (Å²) in [5.74, 6) is -10.3. The molecule has 206 valence electrons. The Bertz CT molecular complexity index is 1430. The molecule has 0 spiro atoms. The average molecular weight is 550 g/mol. The molecule has 1 saturated heterocycles. The van der Waals surface area contributed by atoms with Gasteiger partial charge in [-0.2, -0.15) is 4.39 Å². The number of hydrogen-bond acceptors (Lipinski definition) is 4. The van der Waals surface area contributed by atoms with Gasteiger partial charge in [-0.05, 0) is 56.2 Å². The van der Waals surface area contributed by atoms with Crippen molar-refractivity contribution in [2.45, 2.75) is 50.7 Å². The van der Waals surface area contributed by atoms with Crippen LogP contribution in [0.5, 0.6) is 5.75 Å². The van der Waals surface area contributed by atoms with Crippen LogP contribution in [0.1, 0.15) is 67.4 Å². The Hall–Kier alpha value is -3.37. The molecule has 2 atom stereocenters. The van der Waals surface area contributed by atoms with E-state index < -0.39 is 75.9 Å². The molecule has 0 bridgehead atoms. The van der Waals surface area contributed by atoms with E-state index in [1.807, 2.05) is 0 Å². The van der Waals surface area contributed by atoms with E-state index >= 15 is 0 Å². The summed E-state index contributed by atoms with van der Waals surface area (Å²) < 4.78 is 97.5. The number of carbonyl (C=O) groups is 1. The van der Waals surface area contributed by atoms with Crippen molar-refractivity contribution in [2.24, 2.45) is 5.92 Å². The maximum Gasteiger partial charge on any atom is 0.314 e. The molecule has 0 amide bonds. The highest BCUT2D eigenvalue weighted by atomic mass is 19.2. The minimum atomic E-state index is -1.53. The third-order valence-electron chi connectivity index (χ3n) is 7.43. The number of rotatable bonds is 6. The van der Waals surface area contributed by atoms with Crippen molar-refractivity contribution in [2.75, 3.05) is 6.61 Å². The zero-order chi connectivity index (χ0) is 28.0. The van der Waals surface area contributed by atoms with Gasteiger partial charge in [0.2, 0.25) is 5.82 Å². The maximum atomic E-state index is 14.8. The molecule has 2 aliphatic rings. The summed E-state index contributed by atoms with van der Waals surface area (Å²) in [6.07, 6.45) is -0.595. The molecule has 5 rings (SSSR count). The summed E-state index contributed by atoms with van der Waals surface area (Å²) in [5.41, 5.74) is -1.04. The molecular formula is C29H24F6O4. The van der Waals surface area contributed by atoms with E-state index in [0.29, 0.717) is 12.8 Å².